The number of nitrogens with one attached hydrogen (secondary N) is 3. The van der Waals surface area contributed by atoms with Crippen LogP contribution in [0, 0.1) is 6.92 Å². The van der Waals surface area contributed by atoms with Gasteiger partial charge in [0.15, 0.2) is 35.6 Å². The summed E-state index contributed by atoms with van der Waals surface area (Å²) in [6.07, 6.45) is 1.78. The fraction of sp³-hybridized carbons (Fsp3) is 0.267. The average molecular weight is 600 g/mol. The van der Waals surface area contributed by atoms with E-state index in [2.05, 4.69) is 30.9 Å². The molecule has 4 heterocycles. The van der Waals surface area contributed by atoms with Crippen molar-refractivity contribution in [3.05, 3.63) is 84.0 Å². The number of aromatic carboxylic acids is 1. The van der Waals surface area contributed by atoms with Crippen molar-refractivity contribution in [3.8, 4) is 0 Å². The maximum atomic E-state index is 13.7. The number of carboxylic acid groups (broad SMARTS) is 1. The van der Waals surface area contributed by atoms with E-state index >= 15 is 0 Å². The maximum Gasteiger partial charge on any atom is 0.337 e. The second-order valence-corrected chi connectivity index (χ2v) is 10.1. The molecule has 0 radical (unpaired) electrons. The van der Waals surface area contributed by atoms with Crippen LogP contribution in [-0.4, -0.2) is 73.7 Å². The summed E-state index contributed by atoms with van der Waals surface area (Å²) in [4.78, 5) is 50.6. The Morgan fingerprint density at radius 3 is 2.55 bits per heavy atom. The zero-order valence-corrected chi connectivity index (χ0v) is 23.7. The summed E-state index contributed by atoms with van der Waals surface area (Å²) in [5.41, 5.74) is 2.24. The number of amides is 3. The molecular weight excluding hydrogens is 570 g/mol. The zero-order valence-electron chi connectivity index (χ0n) is 23.7. The van der Waals surface area contributed by atoms with Crippen molar-refractivity contribution in [1.29, 1.82) is 0 Å². The Morgan fingerprint density at radius 1 is 0.977 bits per heavy atom. The van der Waals surface area contributed by atoms with Gasteiger partial charge < -0.3 is 30.0 Å². The van der Waals surface area contributed by atoms with Gasteiger partial charge in [0.2, 0.25) is 0 Å². The number of carboxylic acids is 1. The highest BCUT2D eigenvalue weighted by Gasteiger charge is 2.56. The van der Waals surface area contributed by atoms with Gasteiger partial charge in [0.1, 0.15) is 18.5 Å². The summed E-state index contributed by atoms with van der Waals surface area (Å²) in [6.45, 7) is 3.91. The lowest BCUT2D eigenvalue weighted by atomic mass is 10.1. The molecule has 2 aliphatic heterocycles. The van der Waals surface area contributed by atoms with Crippen LogP contribution in [0.1, 0.15) is 34.6 Å². The van der Waals surface area contributed by atoms with Crippen molar-refractivity contribution in [1.82, 2.24) is 24.8 Å². The summed E-state index contributed by atoms with van der Waals surface area (Å²) in [7, 11) is 0. The number of urea groups is 1. The van der Waals surface area contributed by atoms with Crippen molar-refractivity contribution in [3.63, 3.8) is 0 Å². The molecule has 2 aromatic heterocycles. The van der Waals surface area contributed by atoms with Crippen molar-refractivity contribution in [2.24, 2.45) is 0 Å². The number of hydrogen-bond donors (Lipinski definition) is 4. The molecule has 0 spiro atoms. The molecule has 44 heavy (non-hydrogen) atoms. The SMILES string of the molecule is CCNC(=O)Nc1ncnc2c1ncn2C1OC(C(=O)Nc2c(C)cccc2C(=O)O)C2O[C@H](/C=C/c3ccccc3)OC21. The minimum Gasteiger partial charge on any atom is -0.478 e. The molecule has 6 rings (SSSR count). The second-order valence-electron chi connectivity index (χ2n) is 10.1. The lowest BCUT2D eigenvalue weighted by molar-refractivity contribution is -0.148. The van der Waals surface area contributed by atoms with Crippen molar-refractivity contribution >= 4 is 46.7 Å². The van der Waals surface area contributed by atoms with E-state index < -0.39 is 48.7 Å². The van der Waals surface area contributed by atoms with Crippen LogP contribution < -0.4 is 16.0 Å². The van der Waals surface area contributed by atoms with Crippen LogP contribution in [0.25, 0.3) is 17.2 Å². The molecule has 0 saturated carbocycles. The molecule has 2 saturated heterocycles. The first kappa shape index (κ1) is 28.9. The molecule has 14 nitrogen and oxygen atoms in total. The third-order valence-electron chi connectivity index (χ3n) is 7.23. The molecule has 2 aromatic carbocycles. The summed E-state index contributed by atoms with van der Waals surface area (Å²) in [5, 5.41) is 17.7. The first-order valence-electron chi connectivity index (χ1n) is 13.9. The smallest absolute Gasteiger partial charge is 0.337 e. The first-order valence-corrected chi connectivity index (χ1v) is 13.9. The highest BCUT2D eigenvalue weighted by molar-refractivity contribution is 6.03. The second kappa shape index (κ2) is 12.2. The van der Waals surface area contributed by atoms with Crippen LogP contribution in [0.4, 0.5) is 16.3 Å². The minimum absolute atomic E-state index is 0.0545. The summed E-state index contributed by atoms with van der Waals surface area (Å²) >= 11 is 0. The highest BCUT2D eigenvalue weighted by atomic mass is 16.8. The van der Waals surface area contributed by atoms with E-state index in [0.717, 1.165) is 5.56 Å². The van der Waals surface area contributed by atoms with Gasteiger partial charge in [0, 0.05) is 6.54 Å². The number of benzene rings is 2. The van der Waals surface area contributed by atoms with Gasteiger partial charge in [-0.25, -0.2) is 24.5 Å². The van der Waals surface area contributed by atoms with E-state index in [9.17, 15) is 19.5 Å². The third kappa shape index (κ3) is 5.60. The van der Waals surface area contributed by atoms with Crippen LogP contribution in [0.2, 0.25) is 0 Å². The van der Waals surface area contributed by atoms with Crippen LogP contribution in [0.5, 0.6) is 0 Å². The topological polar surface area (TPSA) is 179 Å². The van der Waals surface area contributed by atoms with Gasteiger partial charge in [-0.1, -0.05) is 48.5 Å². The largest absolute Gasteiger partial charge is 0.478 e. The van der Waals surface area contributed by atoms with Gasteiger partial charge in [-0.3, -0.25) is 14.7 Å². The van der Waals surface area contributed by atoms with Crippen molar-refractivity contribution in [2.75, 3.05) is 17.2 Å². The van der Waals surface area contributed by atoms with Gasteiger partial charge in [0.05, 0.1) is 17.6 Å². The zero-order chi connectivity index (χ0) is 30.8. The van der Waals surface area contributed by atoms with Crippen LogP contribution >= 0.6 is 0 Å². The number of nitrogens with zero attached hydrogens (tertiary/aromatic N) is 4. The Bertz CT molecular complexity index is 1740. The molecule has 2 fully saturated rings. The minimum atomic E-state index is -1.19. The van der Waals surface area contributed by atoms with Crippen LogP contribution in [0.15, 0.2) is 67.3 Å². The predicted octanol–water partition coefficient (Wildman–Crippen LogP) is 3.33. The molecule has 5 atom stereocenters. The molecule has 4 unspecified atom stereocenters. The monoisotopic (exact) mass is 599 g/mol. The quantitative estimate of drug-likeness (QED) is 0.235. The molecule has 0 aliphatic carbocycles. The molecule has 2 aliphatic rings. The highest BCUT2D eigenvalue weighted by Crippen LogP contribution is 2.41. The number of rotatable bonds is 8. The van der Waals surface area contributed by atoms with E-state index in [0.29, 0.717) is 23.3 Å². The van der Waals surface area contributed by atoms with E-state index in [-0.39, 0.29) is 17.1 Å². The third-order valence-corrected chi connectivity index (χ3v) is 7.23. The van der Waals surface area contributed by atoms with E-state index in [1.807, 2.05) is 36.4 Å². The fourth-order valence-electron chi connectivity index (χ4n) is 5.20. The van der Waals surface area contributed by atoms with Gasteiger partial charge in [0.25, 0.3) is 5.91 Å². The molecule has 0 bridgehead atoms. The van der Waals surface area contributed by atoms with Crippen LogP contribution in [0.3, 0.4) is 0 Å². The number of aromatic nitrogens is 4. The lowest BCUT2D eigenvalue weighted by Gasteiger charge is -2.20. The molecule has 4 aromatic rings. The van der Waals surface area contributed by atoms with Gasteiger partial charge in [-0.05, 0) is 37.1 Å². The number of anilines is 2. The number of ether oxygens (including phenoxy) is 3. The summed E-state index contributed by atoms with van der Waals surface area (Å²) < 4.78 is 20.3. The number of para-hydroxylation sites is 1. The molecule has 14 heteroatoms. The van der Waals surface area contributed by atoms with Crippen molar-refractivity contribution in [2.45, 2.75) is 44.7 Å². The summed E-state index contributed by atoms with van der Waals surface area (Å²) in [6, 6.07) is 13.9. The molecular formula is C30H29N7O7. The Hall–Kier alpha value is -5.18. The van der Waals surface area contributed by atoms with E-state index in [1.54, 1.807) is 36.6 Å². The normalized spacial score (nSPS) is 22.6. The number of carbonyl (C=O) groups excluding carboxylic acids is 2. The number of hydrogen-bond acceptors (Lipinski definition) is 9. The standard InChI is InChI=1S/C30H29N7O7/c1-3-31-30(41)36-25-21-26(33-14-32-25)37(15-34-21)28-24-22(42-19(43-24)13-12-17-9-5-4-6-10-17)23(44-28)27(38)35-20-16(2)8-7-11-18(20)29(39)40/h4-15,19,22-24,28H,3H2,1-2H3,(H,35,38)(H,39,40)(H2,31,32,33,36,41)/b13-12+/t19-,22?,23?,24?,28?/m0/s1. The Balaban J connectivity index is 1.32. The Morgan fingerprint density at radius 2 is 1.77 bits per heavy atom. The fourth-order valence-corrected chi connectivity index (χ4v) is 5.20. The number of fused-ring (bicyclic) bond motifs is 2. The first-order chi connectivity index (χ1) is 21.3. The molecule has 4 N–H and O–H groups in total. The van der Waals surface area contributed by atoms with E-state index in [1.165, 1.54) is 18.7 Å². The summed E-state index contributed by atoms with van der Waals surface area (Å²) in [5.74, 6) is -1.59. The Labute approximate surface area is 251 Å². The van der Waals surface area contributed by atoms with Crippen LogP contribution in [-0.2, 0) is 19.0 Å². The van der Waals surface area contributed by atoms with Crippen molar-refractivity contribution < 1.29 is 33.7 Å². The molecule has 3 amide bonds. The lowest BCUT2D eigenvalue weighted by Crippen LogP contribution is -2.38. The number of aryl methyl sites for hydroxylation is 1. The van der Waals surface area contributed by atoms with Gasteiger partial charge in [-0.2, -0.15) is 0 Å². The number of carbonyl (C=O) groups is 3. The molecule has 226 valence electrons. The predicted molar refractivity (Wildman–Crippen MR) is 158 cm³/mol. The average Bonchev–Trinajstić information content (AvgIpc) is 3.72. The maximum absolute atomic E-state index is 13.7. The number of imidazole rings is 1. The van der Waals surface area contributed by atoms with Gasteiger partial charge >= 0.3 is 12.0 Å². The van der Waals surface area contributed by atoms with E-state index in [4.69, 9.17) is 14.2 Å². The van der Waals surface area contributed by atoms with Gasteiger partial charge in [-0.15, -0.1) is 0 Å². The Kier molecular flexibility index (Phi) is 8.02.